The van der Waals surface area contributed by atoms with Crippen molar-refractivity contribution in [1.29, 1.82) is 0 Å². The van der Waals surface area contributed by atoms with Crippen LogP contribution in [0.4, 0.5) is 0 Å². The van der Waals surface area contributed by atoms with Gasteiger partial charge in [-0.05, 0) is 55.6 Å². The fourth-order valence-electron chi connectivity index (χ4n) is 2.92. The zero-order chi connectivity index (χ0) is 15.3. The molecule has 118 valence electrons. The normalized spacial score (nSPS) is 19.9. The summed E-state index contributed by atoms with van der Waals surface area (Å²) in [5.41, 5.74) is 1.56. The van der Waals surface area contributed by atoms with Crippen molar-refractivity contribution in [2.24, 2.45) is 5.92 Å². The molecule has 0 saturated carbocycles. The van der Waals surface area contributed by atoms with Crippen LogP contribution in [0.25, 0.3) is 0 Å². The summed E-state index contributed by atoms with van der Waals surface area (Å²) in [6.07, 6.45) is 1.31. The number of hydrogen-bond acceptors (Lipinski definition) is 3. The van der Waals surface area contributed by atoms with Crippen molar-refractivity contribution in [3.05, 3.63) is 29.8 Å². The van der Waals surface area contributed by atoms with Gasteiger partial charge in [-0.2, -0.15) is 0 Å². The number of hydrogen-bond donors (Lipinski definition) is 1. The molecule has 1 aromatic rings. The molecular weight excluding hydrogens is 260 g/mol. The molecule has 1 aliphatic rings. The monoisotopic (exact) mass is 290 g/mol. The van der Waals surface area contributed by atoms with Gasteiger partial charge in [-0.25, -0.2) is 0 Å². The van der Waals surface area contributed by atoms with Crippen LogP contribution in [0.1, 0.15) is 32.8 Å². The summed E-state index contributed by atoms with van der Waals surface area (Å²) in [6, 6.07) is 8.53. The van der Waals surface area contributed by atoms with E-state index in [9.17, 15) is 0 Å². The van der Waals surface area contributed by atoms with E-state index in [1.807, 2.05) is 7.05 Å². The first-order chi connectivity index (χ1) is 9.99. The molecule has 0 bridgehead atoms. The zero-order valence-electron chi connectivity index (χ0n) is 14.0. The molecule has 2 rings (SSSR count). The summed E-state index contributed by atoms with van der Waals surface area (Å²) < 4.78 is 5.87. The summed E-state index contributed by atoms with van der Waals surface area (Å²) >= 11 is 0. The Morgan fingerprint density at radius 1 is 1.24 bits per heavy atom. The summed E-state index contributed by atoms with van der Waals surface area (Å²) in [4.78, 5) is 2.51. The molecule has 1 aliphatic heterocycles. The third-order valence-corrected chi connectivity index (χ3v) is 4.26. The van der Waals surface area contributed by atoms with Crippen molar-refractivity contribution >= 4 is 0 Å². The van der Waals surface area contributed by atoms with Crippen LogP contribution in [0.3, 0.4) is 0 Å². The maximum atomic E-state index is 5.87. The van der Waals surface area contributed by atoms with Crippen molar-refractivity contribution in [1.82, 2.24) is 10.2 Å². The molecular formula is C18H30N2O. The predicted molar refractivity (Wildman–Crippen MR) is 89.1 cm³/mol. The van der Waals surface area contributed by atoms with E-state index in [2.05, 4.69) is 55.3 Å². The Hall–Kier alpha value is -1.06. The molecule has 3 heteroatoms. The van der Waals surface area contributed by atoms with Crippen molar-refractivity contribution in [3.8, 4) is 5.75 Å². The molecule has 3 nitrogen and oxygen atoms in total. The number of nitrogens with zero attached hydrogens (tertiary/aromatic N) is 1. The molecule has 1 unspecified atom stereocenters. The highest BCUT2D eigenvalue weighted by Crippen LogP contribution is 2.24. The molecule has 1 heterocycles. The lowest BCUT2D eigenvalue weighted by molar-refractivity contribution is 0.232. The largest absolute Gasteiger partial charge is 0.492 e. The zero-order valence-corrected chi connectivity index (χ0v) is 14.0. The van der Waals surface area contributed by atoms with Gasteiger partial charge in [-0.1, -0.05) is 32.9 Å². The van der Waals surface area contributed by atoms with E-state index >= 15 is 0 Å². The molecule has 0 amide bonds. The van der Waals surface area contributed by atoms with Crippen molar-refractivity contribution < 1.29 is 4.74 Å². The van der Waals surface area contributed by atoms with Gasteiger partial charge in [0.15, 0.2) is 0 Å². The maximum Gasteiger partial charge on any atom is 0.119 e. The van der Waals surface area contributed by atoms with Crippen LogP contribution >= 0.6 is 0 Å². The number of ether oxygens (including phenoxy) is 1. The lowest BCUT2D eigenvalue weighted by Crippen LogP contribution is -2.28. The second-order valence-electron chi connectivity index (χ2n) is 7.14. The van der Waals surface area contributed by atoms with Gasteiger partial charge in [0.2, 0.25) is 0 Å². The summed E-state index contributed by atoms with van der Waals surface area (Å²) in [5.74, 6) is 1.79. The average Bonchev–Trinajstić information content (AvgIpc) is 2.86. The Bertz CT molecular complexity index is 422. The van der Waals surface area contributed by atoms with Crippen molar-refractivity contribution in [3.63, 3.8) is 0 Å². The van der Waals surface area contributed by atoms with Crippen LogP contribution in [0.2, 0.25) is 0 Å². The van der Waals surface area contributed by atoms with Crippen LogP contribution in [-0.2, 0) is 5.41 Å². The van der Waals surface area contributed by atoms with Crippen LogP contribution in [0, 0.1) is 5.92 Å². The van der Waals surface area contributed by atoms with Gasteiger partial charge in [-0.15, -0.1) is 0 Å². The van der Waals surface area contributed by atoms with Crippen LogP contribution in [0.5, 0.6) is 5.75 Å². The molecule has 0 radical (unpaired) electrons. The van der Waals surface area contributed by atoms with Crippen LogP contribution in [0.15, 0.2) is 24.3 Å². The average molecular weight is 290 g/mol. The lowest BCUT2D eigenvalue weighted by atomic mass is 9.87. The van der Waals surface area contributed by atoms with Gasteiger partial charge < -0.3 is 10.1 Å². The topological polar surface area (TPSA) is 24.5 Å². The molecule has 0 aromatic heterocycles. The minimum absolute atomic E-state index is 0.205. The summed E-state index contributed by atoms with van der Waals surface area (Å²) in [6.45, 7) is 12.0. The van der Waals surface area contributed by atoms with E-state index in [4.69, 9.17) is 4.74 Å². The van der Waals surface area contributed by atoms with E-state index in [-0.39, 0.29) is 5.41 Å². The molecule has 1 saturated heterocycles. The summed E-state index contributed by atoms with van der Waals surface area (Å²) in [5, 5.41) is 3.27. The molecule has 1 N–H and O–H groups in total. The minimum atomic E-state index is 0.205. The second kappa shape index (κ2) is 7.28. The number of nitrogens with one attached hydrogen (secondary N) is 1. The fourth-order valence-corrected chi connectivity index (χ4v) is 2.92. The Morgan fingerprint density at radius 2 is 1.95 bits per heavy atom. The molecule has 1 aromatic carbocycles. The van der Waals surface area contributed by atoms with E-state index in [0.717, 1.165) is 31.4 Å². The fraction of sp³-hybridized carbons (Fsp3) is 0.667. The highest BCUT2D eigenvalue weighted by molar-refractivity contribution is 5.31. The smallest absolute Gasteiger partial charge is 0.119 e. The minimum Gasteiger partial charge on any atom is -0.492 e. The van der Waals surface area contributed by atoms with Crippen molar-refractivity contribution in [2.45, 2.75) is 32.6 Å². The molecule has 0 aliphatic carbocycles. The van der Waals surface area contributed by atoms with Crippen LogP contribution in [-0.4, -0.2) is 44.7 Å². The third kappa shape index (κ3) is 5.01. The molecule has 21 heavy (non-hydrogen) atoms. The summed E-state index contributed by atoms with van der Waals surface area (Å²) in [7, 11) is 2.03. The third-order valence-electron chi connectivity index (χ3n) is 4.26. The molecule has 0 spiro atoms. The van der Waals surface area contributed by atoms with E-state index in [0.29, 0.717) is 0 Å². The molecule has 1 fully saturated rings. The van der Waals surface area contributed by atoms with Gasteiger partial charge in [0.25, 0.3) is 0 Å². The number of rotatable bonds is 6. The Balaban J connectivity index is 1.72. The first kappa shape index (κ1) is 16.3. The molecule has 1 atom stereocenters. The van der Waals surface area contributed by atoms with Crippen molar-refractivity contribution in [2.75, 3.05) is 39.8 Å². The highest BCUT2D eigenvalue weighted by Gasteiger charge is 2.21. The van der Waals surface area contributed by atoms with E-state index in [1.165, 1.54) is 25.1 Å². The van der Waals surface area contributed by atoms with Gasteiger partial charge in [-0.3, -0.25) is 4.90 Å². The quantitative estimate of drug-likeness (QED) is 0.872. The van der Waals surface area contributed by atoms with Gasteiger partial charge in [0.05, 0.1) is 0 Å². The van der Waals surface area contributed by atoms with Gasteiger partial charge in [0.1, 0.15) is 12.4 Å². The van der Waals surface area contributed by atoms with Gasteiger partial charge >= 0.3 is 0 Å². The van der Waals surface area contributed by atoms with Crippen LogP contribution < -0.4 is 10.1 Å². The van der Waals surface area contributed by atoms with Gasteiger partial charge in [0, 0.05) is 13.1 Å². The first-order valence-electron chi connectivity index (χ1n) is 8.09. The standard InChI is InChI=1S/C18H30N2O/c1-18(2,3)16-5-7-17(8-6-16)21-12-11-20-10-9-15(14-20)13-19-4/h5-8,15,19H,9-14H2,1-4H3. The lowest BCUT2D eigenvalue weighted by Gasteiger charge is -2.19. The number of benzene rings is 1. The van der Waals surface area contributed by atoms with E-state index in [1.54, 1.807) is 0 Å². The Kier molecular flexibility index (Phi) is 5.65. The second-order valence-corrected chi connectivity index (χ2v) is 7.14. The van der Waals surface area contributed by atoms with E-state index < -0.39 is 0 Å². The first-order valence-corrected chi connectivity index (χ1v) is 8.09. The Morgan fingerprint density at radius 3 is 2.57 bits per heavy atom. The SMILES string of the molecule is CNCC1CCN(CCOc2ccc(C(C)(C)C)cc2)C1. The number of likely N-dealkylation sites (tertiary alicyclic amines) is 1. The maximum absolute atomic E-state index is 5.87. The highest BCUT2D eigenvalue weighted by atomic mass is 16.5. The predicted octanol–water partition coefficient (Wildman–Crippen LogP) is 2.90. The Labute approximate surface area is 129 Å².